The summed E-state index contributed by atoms with van der Waals surface area (Å²) in [5.74, 6) is -1.64. The summed E-state index contributed by atoms with van der Waals surface area (Å²) in [7, 11) is 0. The second-order valence-electron chi connectivity index (χ2n) is 3.69. The molecule has 0 radical (unpaired) electrons. The van der Waals surface area contributed by atoms with E-state index in [0.717, 1.165) is 19.1 Å². The average molecular weight is 345 g/mol. The van der Waals surface area contributed by atoms with E-state index >= 15 is 0 Å². The molecule has 1 atom stereocenters. The first-order valence-corrected chi connectivity index (χ1v) is 5.79. The molecule has 0 aliphatic carbocycles. The molecule has 0 unspecified atom stereocenters. The predicted molar refractivity (Wildman–Crippen MR) is 61.7 cm³/mol. The molecule has 0 saturated carbocycles. The Morgan fingerprint density at radius 2 is 2.05 bits per heavy atom. The van der Waals surface area contributed by atoms with Crippen LogP contribution >= 0.6 is 15.9 Å². The van der Waals surface area contributed by atoms with Gasteiger partial charge >= 0.3 is 6.18 Å². The van der Waals surface area contributed by atoms with Crippen LogP contribution in [0.3, 0.4) is 0 Å². The standard InChI is InChI=1S/C11H9BrF4O3/c1-5(17)6-2-7(12)8(13)3-9(6)19-4-10(18)11(14,15)16/h2-3,10,18H,4H2,1H3/t10-/m1/s1. The number of aliphatic hydroxyl groups excluding tert-OH is 1. The second kappa shape index (κ2) is 5.87. The van der Waals surface area contributed by atoms with Crippen LogP contribution in [-0.2, 0) is 0 Å². The Labute approximate surface area is 114 Å². The molecule has 106 valence electrons. The summed E-state index contributed by atoms with van der Waals surface area (Å²) in [6.07, 6.45) is -7.55. The van der Waals surface area contributed by atoms with E-state index in [1.165, 1.54) is 0 Å². The molecule has 0 aliphatic rings. The minimum absolute atomic E-state index is 0.0126. The summed E-state index contributed by atoms with van der Waals surface area (Å²) in [6, 6.07) is 1.89. The highest BCUT2D eigenvalue weighted by Crippen LogP contribution is 2.28. The lowest BCUT2D eigenvalue weighted by atomic mass is 10.1. The van der Waals surface area contributed by atoms with Gasteiger partial charge in [0.2, 0.25) is 0 Å². The average Bonchev–Trinajstić information content (AvgIpc) is 2.28. The van der Waals surface area contributed by atoms with Crippen molar-refractivity contribution in [2.45, 2.75) is 19.2 Å². The van der Waals surface area contributed by atoms with Crippen LogP contribution in [0.5, 0.6) is 5.75 Å². The van der Waals surface area contributed by atoms with Crippen LogP contribution in [0.2, 0.25) is 0 Å². The largest absolute Gasteiger partial charge is 0.490 e. The van der Waals surface area contributed by atoms with E-state index in [1.54, 1.807) is 0 Å². The van der Waals surface area contributed by atoms with Gasteiger partial charge in [0.15, 0.2) is 11.9 Å². The van der Waals surface area contributed by atoms with Crippen LogP contribution in [0.25, 0.3) is 0 Å². The molecule has 1 aromatic carbocycles. The Bertz CT molecular complexity index is 488. The number of alkyl halides is 3. The second-order valence-corrected chi connectivity index (χ2v) is 4.54. The van der Waals surface area contributed by atoms with Crippen molar-refractivity contribution < 1.29 is 32.2 Å². The number of halogens is 5. The van der Waals surface area contributed by atoms with Crippen molar-refractivity contribution in [3.8, 4) is 5.75 Å². The monoisotopic (exact) mass is 344 g/mol. The van der Waals surface area contributed by atoms with Gasteiger partial charge in [-0.1, -0.05) is 0 Å². The molecule has 8 heteroatoms. The van der Waals surface area contributed by atoms with E-state index in [4.69, 9.17) is 5.11 Å². The van der Waals surface area contributed by atoms with Gasteiger partial charge in [-0.15, -0.1) is 0 Å². The molecular weight excluding hydrogens is 336 g/mol. The number of aliphatic hydroxyl groups is 1. The molecule has 0 amide bonds. The Morgan fingerprint density at radius 1 is 1.47 bits per heavy atom. The number of rotatable bonds is 4. The highest BCUT2D eigenvalue weighted by atomic mass is 79.9. The third kappa shape index (κ3) is 4.17. The molecule has 1 N–H and O–H groups in total. The maximum Gasteiger partial charge on any atom is 0.417 e. The fraction of sp³-hybridized carbons (Fsp3) is 0.364. The Morgan fingerprint density at radius 3 is 2.53 bits per heavy atom. The number of Topliss-reactive ketones (excluding diaryl/α,β-unsaturated/α-hetero) is 1. The third-order valence-electron chi connectivity index (χ3n) is 2.18. The summed E-state index contributed by atoms with van der Waals surface area (Å²) < 4.78 is 54.1. The molecule has 19 heavy (non-hydrogen) atoms. The number of hydrogen-bond donors (Lipinski definition) is 1. The number of carbonyl (C=O) groups is 1. The van der Waals surface area contributed by atoms with Gasteiger partial charge in [-0.05, 0) is 28.9 Å². The van der Waals surface area contributed by atoms with Gasteiger partial charge in [-0.25, -0.2) is 4.39 Å². The number of benzene rings is 1. The summed E-state index contributed by atoms with van der Waals surface area (Å²) in [4.78, 5) is 11.3. The van der Waals surface area contributed by atoms with E-state index in [1.807, 2.05) is 0 Å². The molecule has 0 bridgehead atoms. The zero-order valence-corrected chi connectivity index (χ0v) is 11.2. The van der Waals surface area contributed by atoms with E-state index in [-0.39, 0.29) is 15.8 Å². The molecule has 3 nitrogen and oxygen atoms in total. The van der Waals surface area contributed by atoms with Crippen molar-refractivity contribution in [2.75, 3.05) is 6.61 Å². The van der Waals surface area contributed by atoms with E-state index in [0.29, 0.717) is 0 Å². The molecule has 0 saturated heterocycles. The third-order valence-corrected chi connectivity index (χ3v) is 2.78. The Balaban J connectivity index is 2.95. The zero-order chi connectivity index (χ0) is 14.8. The first-order chi connectivity index (χ1) is 8.62. The Hall–Kier alpha value is -1.15. The van der Waals surface area contributed by atoms with Crippen LogP contribution in [-0.4, -0.2) is 29.8 Å². The lowest BCUT2D eigenvalue weighted by Crippen LogP contribution is -2.34. The maximum absolute atomic E-state index is 13.3. The molecule has 0 heterocycles. The number of ether oxygens (including phenoxy) is 1. The van der Waals surface area contributed by atoms with Gasteiger partial charge in [0.05, 0.1) is 10.0 Å². The normalized spacial score (nSPS) is 13.2. The zero-order valence-electron chi connectivity index (χ0n) is 9.59. The maximum atomic E-state index is 13.3. The highest BCUT2D eigenvalue weighted by molar-refractivity contribution is 9.10. The topological polar surface area (TPSA) is 46.5 Å². The first-order valence-electron chi connectivity index (χ1n) is 5.00. The molecule has 0 aromatic heterocycles. The number of carbonyl (C=O) groups excluding carboxylic acids is 1. The van der Waals surface area contributed by atoms with Crippen molar-refractivity contribution in [3.63, 3.8) is 0 Å². The van der Waals surface area contributed by atoms with E-state index < -0.39 is 30.5 Å². The number of hydrogen-bond acceptors (Lipinski definition) is 3. The van der Waals surface area contributed by atoms with Crippen LogP contribution in [0, 0.1) is 5.82 Å². The SMILES string of the molecule is CC(=O)c1cc(Br)c(F)cc1OC[C@@H](O)C(F)(F)F. The molecule has 0 fully saturated rings. The van der Waals surface area contributed by atoms with Gasteiger partial charge in [-0.3, -0.25) is 4.79 Å². The predicted octanol–water partition coefficient (Wildman–Crippen LogP) is 3.09. The summed E-state index contributed by atoms with van der Waals surface area (Å²) >= 11 is 2.85. The number of ketones is 1. The minimum atomic E-state index is -4.84. The smallest absolute Gasteiger partial charge is 0.417 e. The van der Waals surface area contributed by atoms with Crippen molar-refractivity contribution in [1.82, 2.24) is 0 Å². The van der Waals surface area contributed by atoms with Gasteiger partial charge in [-0.2, -0.15) is 13.2 Å². The van der Waals surface area contributed by atoms with Crippen molar-refractivity contribution in [1.29, 1.82) is 0 Å². The van der Waals surface area contributed by atoms with Gasteiger partial charge in [0.1, 0.15) is 18.2 Å². The Kier molecular flexibility index (Phi) is 4.92. The van der Waals surface area contributed by atoms with Crippen molar-refractivity contribution in [2.24, 2.45) is 0 Å². The van der Waals surface area contributed by atoms with Gasteiger partial charge < -0.3 is 9.84 Å². The lowest BCUT2D eigenvalue weighted by molar-refractivity contribution is -0.210. The van der Waals surface area contributed by atoms with Crippen LogP contribution < -0.4 is 4.74 Å². The van der Waals surface area contributed by atoms with E-state index in [2.05, 4.69) is 20.7 Å². The quantitative estimate of drug-likeness (QED) is 0.674. The molecule has 1 rings (SSSR count). The summed E-state index contributed by atoms with van der Waals surface area (Å²) in [6.45, 7) is 0.0393. The van der Waals surface area contributed by atoms with Gasteiger partial charge in [0.25, 0.3) is 0 Å². The van der Waals surface area contributed by atoms with Crippen LogP contribution in [0.1, 0.15) is 17.3 Å². The van der Waals surface area contributed by atoms with Crippen molar-refractivity contribution in [3.05, 3.63) is 28.0 Å². The molecule has 0 spiro atoms. The summed E-state index contributed by atoms with van der Waals surface area (Å²) in [5.41, 5.74) is -0.0809. The lowest BCUT2D eigenvalue weighted by Gasteiger charge is -2.16. The highest BCUT2D eigenvalue weighted by Gasteiger charge is 2.38. The minimum Gasteiger partial charge on any atom is -0.490 e. The summed E-state index contributed by atoms with van der Waals surface area (Å²) in [5, 5.41) is 8.76. The molecular formula is C11H9BrF4O3. The van der Waals surface area contributed by atoms with Gasteiger partial charge in [0, 0.05) is 6.07 Å². The molecule has 1 aromatic rings. The van der Waals surface area contributed by atoms with Crippen LogP contribution in [0.15, 0.2) is 16.6 Å². The van der Waals surface area contributed by atoms with Crippen LogP contribution in [0.4, 0.5) is 17.6 Å². The van der Waals surface area contributed by atoms with E-state index in [9.17, 15) is 22.4 Å². The first kappa shape index (κ1) is 15.9. The fourth-order valence-corrected chi connectivity index (χ4v) is 1.53. The van der Waals surface area contributed by atoms with Crippen molar-refractivity contribution >= 4 is 21.7 Å². The fourth-order valence-electron chi connectivity index (χ4n) is 1.19. The molecule has 0 aliphatic heterocycles.